The molecule has 0 saturated carbocycles. The van der Waals surface area contributed by atoms with E-state index in [1.165, 1.54) is 17.0 Å². The number of hydrogen-bond donors (Lipinski definition) is 0. The van der Waals surface area contributed by atoms with E-state index in [2.05, 4.69) is 0 Å². The van der Waals surface area contributed by atoms with Crippen molar-refractivity contribution in [2.75, 3.05) is 18.1 Å². The molecule has 5 rings (SSSR count). The van der Waals surface area contributed by atoms with Gasteiger partial charge in [-0.3, -0.25) is 4.79 Å². The molecular formula is C28H28F7NO5S2. The maximum absolute atomic E-state index is 15.0. The number of fused-ring (bicyclic) bond motifs is 3. The number of likely N-dealkylation sites (tertiary alicyclic amines) is 1. The van der Waals surface area contributed by atoms with Gasteiger partial charge in [-0.1, -0.05) is 37.3 Å². The summed E-state index contributed by atoms with van der Waals surface area (Å²) in [5, 5.41) is 0. The monoisotopic (exact) mass is 655 g/mol. The van der Waals surface area contributed by atoms with E-state index in [-0.39, 0.29) is 54.0 Å². The standard InChI is InChI=1S/C28H28F7NO5S2/c1-2-17-3-7-21(8-4-17)43(40,41)25-12-13-36(24(37)19-11-14-42(38,39)16-19)23(25)10-5-18-15-20(6-9-22(18)25)26(29,27(30,31)32)28(33,34)35/h3-4,6-9,15,19,23H,2,5,10-14,16H2,1H3/t19-,23?,25?/m0/s1. The Morgan fingerprint density at radius 3 is 2.14 bits per heavy atom. The molecule has 0 N–H and O–H groups in total. The van der Waals surface area contributed by atoms with E-state index in [1.807, 2.05) is 6.92 Å². The summed E-state index contributed by atoms with van der Waals surface area (Å²) >= 11 is 0. The SMILES string of the molecule is CCc1ccc(S(=O)(=O)C23CCN(C(=O)[C@H]4CCS(=O)(=O)C4)C2CCc2cc(C(F)(C(F)(F)F)C(F)(F)F)ccc23)cc1. The van der Waals surface area contributed by atoms with Crippen molar-refractivity contribution >= 4 is 25.6 Å². The summed E-state index contributed by atoms with van der Waals surface area (Å²) in [6.45, 7) is 1.72. The van der Waals surface area contributed by atoms with E-state index in [0.717, 1.165) is 11.6 Å². The third-order valence-electron chi connectivity index (χ3n) is 9.05. The minimum absolute atomic E-state index is 0.0516. The van der Waals surface area contributed by atoms with Crippen LogP contribution in [0.5, 0.6) is 0 Å². The minimum atomic E-state index is -6.35. The number of sulfone groups is 2. The molecule has 15 heteroatoms. The molecule has 2 unspecified atom stereocenters. The number of rotatable bonds is 5. The van der Waals surface area contributed by atoms with Crippen LogP contribution < -0.4 is 0 Å². The molecule has 236 valence electrons. The quantitative estimate of drug-likeness (QED) is 0.414. The predicted molar refractivity (Wildman–Crippen MR) is 141 cm³/mol. The van der Waals surface area contributed by atoms with Crippen molar-refractivity contribution in [3.05, 3.63) is 64.7 Å². The van der Waals surface area contributed by atoms with Crippen molar-refractivity contribution in [1.29, 1.82) is 0 Å². The van der Waals surface area contributed by atoms with Crippen LogP contribution in [0.15, 0.2) is 47.4 Å². The molecule has 2 aromatic carbocycles. The molecule has 0 bridgehead atoms. The molecule has 0 spiro atoms. The summed E-state index contributed by atoms with van der Waals surface area (Å²) < 4.78 is 147. The van der Waals surface area contributed by atoms with Gasteiger partial charge in [0, 0.05) is 12.1 Å². The van der Waals surface area contributed by atoms with Crippen molar-refractivity contribution in [1.82, 2.24) is 4.90 Å². The second-order valence-electron chi connectivity index (χ2n) is 11.4. The molecule has 3 atom stereocenters. The van der Waals surface area contributed by atoms with Crippen LogP contribution in [0.2, 0.25) is 0 Å². The second-order valence-corrected chi connectivity index (χ2v) is 15.8. The fraction of sp³-hybridized carbons (Fsp3) is 0.536. The van der Waals surface area contributed by atoms with Crippen molar-refractivity contribution in [3.8, 4) is 0 Å². The van der Waals surface area contributed by atoms with Gasteiger partial charge in [0.05, 0.1) is 28.4 Å². The molecule has 0 radical (unpaired) electrons. The highest BCUT2D eigenvalue weighted by molar-refractivity contribution is 7.92. The summed E-state index contributed by atoms with van der Waals surface area (Å²) in [5.41, 5.74) is -6.90. The highest BCUT2D eigenvalue weighted by atomic mass is 32.2. The predicted octanol–water partition coefficient (Wildman–Crippen LogP) is 5.19. The number of nitrogens with zero attached hydrogens (tertiary/aromatic N) is 1. The first-order valence-electron chi connectivity index (χ1n) is 13.6. The summed E-state index contributed by atoms with van der Waals surface area (Å²) in [6.07, 6.45) is -12.7. The Morgan fingerprint density at radius 2 is 1.60 bits per heavy atom. The van der Waals surface area contributed by atoms with Gasteiger partial charge in [-0.05, 0) is 60.9 Å². The molecule has 2 aliphatic heterocycles. The Labute approximate surface area is 244 Å². The maximum atomic E-state index is 15.0. The minimum Gasteiger partial charge on any atom is -0.337 e. The highest BCUT2D eigenvalue weighted by Crippen LogP contribution is 2.57. The summed E-state index contributed by atoms with van der Waals surface area (Å²) in [5.74, 6) is -2.08. The van der Waals surface area contributed by atoms with Crippen LogP contribution >= 0.6 is 0 Å². The second kappa shape index (κ2) is 10.2. The van der Waals surface area contributed by atoms with E-state index in [4.69, 9.17) is 0 Å². The summed E-state index contributed by atoms with van der Waals surface area (Å²) in [7, 11) is -7.94. The number of halogens is 7. The lowest BCUT2D eigenvalue weighted by molar-refractivity contribution is -0.348. The molecule has 1 amide bonds. The van der Waals surface area contributed by atoms with Gasteiger partial charge in [0.2, 0.25) is 5.91 Å². The van der Waals surface area contributed by atoms with E-state index < -0.39 is 71.6 Å². The van der Waals surface area contributed by atoms with Gasteiger partial charge in [0.1, 0.15) is 4.75 Å². The van der Waals surface area contributed by atoms with Gasteiger partial charge in [-0.2, -0.15) is 26.3 Å². The number of carbonyl (C=O) groups is 1. The zero-order valence-corrected chi connectivity index (χ0v) is 24.4. The van der Waals surface area contributed by atoms with Gasteiger partial charge >= 0.3 is 18.0 Å². The largest absolute Gasteiger partial charge is 0.435 e. The van der Waals surface area contributed by atoms with Crippen LogP contribution in [-0.4, -0.2) is 64.1 Å². The van der Waals surface area contributed by atoms with Gasteiger partial charge in [-0.25, -0.2) is 21.2 Å². The van der Waals surface area contributed by atoms with E-state index >= 15 is 0 Å². The maximum Gasteiger partial charge on any atom is 0.435 e. The van der Waals surface area contributed by atoms with Gasteiger partial charge in [0.25, 0.3) is 0 Å². The first-order chi connectivity index (χ1) is 19.8. The molecule has 2 aromatic rings. The number of hydrogen-bond acceptors (Lipinski definition) is 5. The zero-order valence-electron chi connectivity index (χ0n) is 22.8. The summed E-state index contributed by atoms with van der Waals surface area (Å²) in [6, 6.07) is 6.33. The Bertz CT molecular complexity index is 1640. The average molecular weight is 656 g/mol. The highest BCUT2D eigenvalue weighted by Gasteiger charge is 2.74. The number of carbonyl (C=O) groups excluding carboxylic acids is 1. The zero-order chi connectivity index (χ0) is 31.8. The van der Waals surface area contributed by atoms with Gasteiger partial charge in [0.15, 0.2) is 19.7 Å². The first kappa shape index (κ1) is 31.7. The lowest BCUT2D eigenvalue weighted by Gasteiger charge is -2.43. The molecule has 1 aliphatic carbocycles. The van der Waals surface area contributed by atoms with Gasteiger partial charge < -0.3 is 4.90 Å². The van der Waals surface area contributed by atoms with Gasteiger partial charge in [-0.15, -0.1) is 0 Å². The number of alkyl halides is 7. The Morgan fingerprint density at radius 1 is 0.977 bits per heavy atom. The Hall–Kier alpha value is -2.68. The number of benzene rings is 2. The topological polar surface area (TPSA) is 88.6 Å². The van der Waals surface area contributed by atoms with Crippen LogP contribution in [-0.2, 0) is 47.7 Å². The lowest BCUT2D eigenvalue weighted by atomic mass is 9.76. The van der Waals surface area contributed by atoms with Crippen LogP contribution in [0.25, 0.3) is 0 Å². The summed E-state index contributed by atoms with van der Waals surface area (Å²) in [4.78, 5) is 14.7. The van der Waals surface area contributed by atoms with Crippen LogP contribution in [0.4, 0.5) is 30.7 Å². The normalized spacial score (nSPS) is 25.8. The molecule has 43 heavy (non-hydrogen) atoms. The van der Waals surface area contributed by atoms with E-state index in [0.29, 0.717) is 18.6 Å². The molecule has 2 fully saturated rings. The Kier molecular flexibility index (Phi) is 7.51. The molecule has 0 aromatic heterocycles. The third kappa shape index (κ3) is 4.75. The van der Waals surface area contributed by atoms with E-state index in [9.17, 15) is 52.4 Å². The lowest BCUT2D eigenvalue weighted by Crippen LogP contribution is -2.53. The fourth-order valence-corrected chi connectivity index (χ4v) is 10.9. The fourth-order valence-electron chi connectivity index (χ4n) is 6.83. The van der Waals surface area contributed by atoms with Crippen LogP contribution in [0.1, 0.15) is 48.4 Å². The van der Waals surface area contributed by atoms with E-state index in [1.54, 1.807) is 12.1 Å². The van der Waals surface area contributed by atoms with Crippen LogP contribution in [0, 0.1) is 5.92 Å². The molecule has 3 aliphatic rings. The van der Waals surface area contributed by atoms with Crippen molar-refractivity contribution in [2.45, 2.75) is 72.7 Å². The smallest absolute Gasteiger partial charge is 0.337 e. The number of aryl methyl sites for hydroxylation is 2. The molecular weight excluding hydrogens is 627 g/mol. The molecule has 2 saturated heterocycles. The van der Waals surface area contributed by atoms with Crippen molar-refractivity contribution in [2.24, 2.45) is 5.92 Å². The first-order valence-corrected chi connectivity index (χ1v) is 16.9. The number of amides is 1. The Balaban J connectivity index is 1.68. The van der Waals surface area contributed by atoms with Crippen molar-refractivity contribution in [3.63, 3.8) is 0 Å². The van der Waals surface area contributed by atoms with Crippen molar-refractivity contribution < 1.29 is 52.4 Å². The third-order valence-corrected chi connectivity index (χ3v) is 13.4. The molecule has 2 heterocycles. The average Bonchev–Trinajstić information content (AvgIpc) is 3.51. The molecule has 6 nitrogen and oxygen atoms in total. The van der Waals surface area contributed by atoms with Crippen LogP contribution in [0.3, 0.4) is 0 Å².